The number of hydrogen-bond donors (Lipinski definition) is 0. The van der Waals surface area contributed by atoms with Crippen LogP contribution in [0.3, 0.4) is 0 Å². The summed E-state index contributed by atoms with van der Waals surface area (Å²) >= 11 is 0. The molecule has 1 aliphatic rings. The third kappa shape index (κ3) is 3.97. The molecule has 1 atom stereocenters. The molecule has 1 saturated carbocycles. The number of ether oxygens (including phenoxy) is 1. The van der Waals surface area contributed by atoms with Crippen molar-refractivity contribution in [3.05, 3.63) is 29.8 Å². The Kier molecular flexibility index (Phi) is 5.26. The summed E-state index contributed by atoms with van der Waals surface area (Å²) < 4.78 is 5.27. The third-order valence-corrected chi connectivity index (χ3v) is 4.32. The van der Waals surface area contributed by atoms with E-state index in [1.807, 2.05) is 0 Å². The van der Waals surface area contributed by atoms with E-state index in [2.05, 4.69) is 43.3 Å². The second-order valence-electron chi connectivity index (χ2n) is 6.04. The van der Waals surface area contributed by atoms with Crippen LogP contribution in [0.1, 0.15) is 43.6 Å². The fourth-order valence-electron chi connectivity index (χ4n) is 3.31. The van der Waals surface area contributed by atoms with Gasteiger partial charge >= 0.3 is 0 Å². The largest absolute Gasteiger partial charge is 0.497 e. The predicted octanol–water partition coefficient (Wildman–Crippen LogP) is 3.92. The zero-order chi connectivity index (χ0) is 13.7. The molecular formula is C17H27NO. The highest BCUT2D eigenvalue weighted by atomic mass is 16.5. The standard InChI is InChI=1S/C17H27NO/c1-18(2)13-17(14-7-5-4-6-8-14)15-9-11-16(19-3)12-10-15/h9-12,14,17H,4-8,13H2,1-3H3. The summed E-state index contributed by atoms with van der Waals surface area (Å²) in [6.07, 6.45) is 7.03. The molecule has 1 fully saturated rings. The van der Waals surface area contributed by atoms with Crippen molar-refractivity contribution in [1.29, 1.82) is 0 Å². The average Bonchev–Trinajstić information content (AvgIpc) is 2.46. The zero-order valence-corrected chi connectivity index (χ0v) is 12.6. The highest BCUT2D eigenvalue weighted by Gasteiger charge is 2.25. The Morgan fingerprint density at radius 1 is 1.11 bits per heavy atom. The van der Waals surface area contributed by atoms with Gasteiger partial charge in [-0.2, -0.15) is 0 Å². The summed E-state index contributed by atoms with van der Waals surface area (Å²) in [6, 6.07) is 8.70. The van der Waals surface area contributed by atoms with Gasteiger partial charge in [0.1, 0.15) is 5.75 Å². The summed E-state index contributed by atoms with van der Waals surface area (Å²) in [5, 5.41) is 0. The molecule has 0 saturated heterocycles. The molecule has 0 heterocycles. The minimum Gasteiger partial charge on any atom is -0.497 e. The predicted molar refractivity (Wildman–Crippen MR) is 80.9 cm³/mol. The van der Waals surface area contributed by atoms with E-state index in [0.29, 0.717) is 5.92 Å². The maximum absolute atomic E-state index is 5.27. The van der Waals surface area contributed by atoms with Crippen molar-refractivity contribution in [2.75, 3.05) is 27.7 Å². The van der Waals surface area contributed by atoms with Crippen LogP contribution in [0.5, 0.6) is 5.75 Å². The number of nitrogens with zero attached hydrogens (tertiary/aromatic N) is 1. The van der Waals surface area contributed by atoms with Crippen LogP contribution in [0.25, 0.3) is 0 Å². The second kappa shape index (κ2) is 6.95. The Morgan fingerprint density at radius 3 is 2.26 bits per heavy atom. The molecule has 1 aromatic carbocycles. The molecule has 0 aromatic heterocycles. The highest BCUT2D eigenvalue weighted by molar-refractivity contribution is 5.30. The van der Waals surface area contributed by atoms with Crippen LogP contribution in [0.15, 0.2) is 24.3 Å². The molecule has 0 spiro atoms. The van der Waals surface area contributed by atoms with Crippen molar-refractivity contribution in [2.45, 2.75) is 38.0 Å². The Bertz CT molecular complexity index is 365. The van der Waals surface area contributed by atoms with Crippen LogP contribution in [0.4, 0.5) is 0 Å². The molecule has 1 aliphatic carbocycles. The maximum atomic E-state index is 5.27. The number of likely N-dealkylation sites (N-methyl/N-ethyl adjacent to an activating group) is 1. The van der Waals surface area contributed by atoms with E-state index in [-0.39, 0.29) is 0 Å². The molecule has 106 valence electrons. The summed E-state index contributed by atoms with van der Waals surface area (Å²) in [5.74, 6) is 2.47. The van der Waals surface area contributed by atoms with E-state index in [9.17, 15) is 0 Å². The van der Waals surface area contributed by atoms with Gasteiger partial charge in [-0.25, -0.2) is 0 Å². The van der Waals surface area contributed by atoms with Crippen molar-refractivity contribution in [2.24, 2.45) is 5.92 Å². The first kappa shape index (κ1) is 14.4. The molecule has 2 nitrogen and oxygen atoms in total. The zero-order valence-electron chi connectivity index (χ0n) is 12.6. The van der Waals surface area contributed by atoms with E-state index >= 15 is 0 Å². The summed E-state index contributed by atoms with van der Waals surface area (Å²) in [5.41, 5.74) is 1.47. The first-order valence-electron chi connectivity index (χ1n) is 7.49. The normalized spacial score (nSPS) is 18.5. The number of hydrogen-bond acceptors (Lipinski definition) is 2. The lowest BCUT2D eigenvalue weighted by Gasteiger charge is -2.32. The summed E-state index contributed by atoms with van der Waals surface area (Å²) in [6.45, 7) is 1.15. The van der Waals surface area contributed by atoms with Crippen LogP contribution in [0, 0.1) is 5.92 Å². The average molecular weight is 261 g/mol. The van der Waals surface area contributed by atoms with Crippen LogP contribution < -0.4 is 4.74 Å². The Labute approximate surface area is 117 Å². The number of rotatable bonds is 5. The quantitative estimate of drug-likeness (QED) is 0.796. The Morgan fingerprint density at radius 2 is 1.74 bits per heavy atom. The van der Waals surface area contributed by atoms with Gasteiger partial charge in [0.05, 0.1) is 7.11 Å². The van der Waals surface area contributed by atoms with Gasteiger partial charge in [-0.3, -0.25) is 0 Å². The Hall–Kier alpha value is -1.02. The lowest BCUT2D eigenvalue weighted by Crippen LogP contribution is -2.27. The maximum Gasteiger partial charge on any atom is 0.118 e. The van der Waals surface area contributed by atoms with Crippen LogP contribution in [-0.2, 0) is 0 Å². The molecule has 0 radical (unpaired) electrons. The molecule has 0 N–H and O–H groups in total. The fraction of sp³-hybridized carbons (Fsp3) is 0.647. The van der Waals surface area contributed by atoms with Gasteiger partial charge in [-0.1, -0.05) is 31.4 Å². The van der Waals surface area contributed by atoms with Gasteiger partial charge in [-0.15, -0.1) is 0 Å². The fourth-order valence-corrected chi connectivity index (χ4v) is 3.31. The third-order valence-electron chi connectivity index (χ3n) is 4.32. The van der Waals surface area contributed by atoms with Crippen molar-refractivity contribution in [3.63, 3.8) is 0 Å². The monoisotopic (exact) mass is 261 g/mol. The van der Waals surface area contributed by atoms with E-state index in [1.54, 1.807) is 7.11 Å². The minimum atomic E-state index is 0.668. The first-order chi connectivity index (χ1) is 9.20. The van der Waals surface area contributed by atoms with Gasteiger partial charge < -0.3 is 9.64 Å². The van der Waals surface area contributed by atoms with E-state index in [4.69, 9.17) is 4.74 Å². The van der Waals surface area contributed by atoms with Crippen molar-refractivity contribution >= 4 is 0 Å². The van der Waals surface area contributed by atoms with Gasteiger partial charge in [0.15, 0.2) is 0 Å². The SMILES string of the molecule is COc1ccc(C(CN(C)C)C2CCCCC2)cc1. The van der Waals surface area contributed by atoms with Crippen LogP contribution >= 0.6 is 0 Å². The minimum absolute atomic E-state index is 0.668. The van der Waals surface area contributed by atoms with E-state index < -0.39 is 0 Å². The van der Waals surface area contributed by atoms with Gasteiger partial charge in [0.2, 0.25) is 0 Å². The van der Waals surface area contributed by atoms with Crippen molar-refractivity contribution in [1.82, 2.24) is 4.90 Å². The summed E-state index contributed by atoms with van der Waals surface area (Å²) in [4.78, 5) is 2.32. The molecule has 0 bridgehead atoms. The lowest BCUT2D eigenvalue weighted by molar-refractivity contribution is 0.253. The lowest BCUT2D eigenvalue weighted by atomic mass is 9.76. The molecule has 0 aliphatic heterocycles. The first-order valence-corrected chi connectivity index (χ1v) is 7.49. The van der Waals surface area contributed by atoms with Crippen LogP contribution in [-0.4, -0.2) is 32.6 Å². The molecule has 0 amide bonds. The Balaban J connectivity index is 2.14. The molecule has 2 heteroatoms. The molecule has 1 aromatic rings. The molecule has 1 unspecified atom stereocenters. The smallest absolute Gasteiger partial charge is 0.118 e. The molecule has 2 rings (SSSR count). The van der Waals surface area contributed by atoms with Crippen molar-refractivity contribution < 1.29 is 4.74 Å². The van der Waals surface area contributed by atoms with Gasteiger partial charge in [0, 0.05) is 6.54 Å². The van der Waals surface area contributed by atoms with E-state index in [0.717, 1.165) is 18.2 Å². The molecule has 19 heavy (non-hydrogen) atoms. The summed E-state index contributed by atoms with van der Waals surface area (Å²) in [7, 11) is 6.09. The number of methoxy groups -OCH3 is 1. The van der Waals surface area contributed by atoms with Crippen molar-refractivity contribution in [3.8, 4) is 5.75 Å². The second-order valence-corrected chi connectivity index (χ2v) is 6.04. The van der Waals surface area contributed by atoms with Crippen LogP contribution in [0.2, 0.25) is 0 Å². The van der Waals surface area contributed by atoms with E-state index in [1.165, 1.54) is 37.7 Å². The van der Waals surface area contributed by atoms with Gasteiger partial charge in [0.25, 0.3) is 0 Å². The molecular weight excluding hydrogens is 234 g/mol. The highest BCUT2D eigenvalue weighted by Crippen LogP contribution is 2.36. The van der Waals surface area contributed by atoms with Gasteiger partial charge in [-0.05, 0) is 56.5 Å². The topological polar surface area (TPSA) is 12.5 Å². The number of benzene rings is 1.